The van der Waals surface area contributed by atoms with Gasteiger partial charge in [-0.2, -0.15) is 0 Å². The molecular weight excluding hydrogens is 254 g/mol. The molecule has 1 heterocycles. The molecule has 1 aliphatic rings. The molecule has 1 aromatic heterocycles. The first-order valence-electron chi connectivity index (χ1n) is 6.09. The fourth-order valence-corrected chi connectivity index (χ4v) is 2.56. The molecule has 0 atom stereocenters. The van der Waals surface area contributed by atoms with E-state index < -0.39 is 4.92 Å². The van der Waals surface area contributed by atoms with Gasteiger partial charge in [0.2, 0.25) is 5.82 Å². The summed E-state index contributed by atoms with van der Waals surface area (Å²) in [6.07, 6.45) is 5.49. The van der Waals surface area contributed by atoms with E-state index in [4.69, 9.17) is 11.6 Å². The Morgan fingerprint density at radius 2 is 2.06 bits per heavy atom. The zero-order chi connectivity index (χ0) is 13.2. The Bertz CT molecular complexity index is 459. The summed E-state index contributed by atoms with van der Waals surface area (Å²) in [5.41, 5.74) is -0.146. The van der Waals surface area contributed by atoms with Crippen molar-refractivity contribution in [2.75, 3.05) is 5.32 Å². The van der Waals surface area contributed by atoms with Crippen LogP contribution in [0.4, 0.5) is 11.5 Å². The lowest BCUT2D eigenvalue weighted by Crippen LogP contribution is -2.37. The maximum atomic E-state index is 11.0. The molecule has 1 aliphatic carbocycles. The number of hydrogen-bond donors (Lipinski definition) is 1. The second-order valence-corrected chi connectivity index (χ2v) is 5.39. The molecule has 0 bridgehead atoms. The van der Waals surface area contributed by atoms with Crippen molar-refractivity contribution < 1.29 is 4.92 Å². The largest absolute Gasteiger partial charge is 0.359 e. The summed E-state index contributed by atoms with van der Waals surface area (Å²) in [4.78, 5) is 14.6. The van der Waals surface area contributed by atoms with Crippen molar-refractivity contribution in [3.8, 4) is 0 Å². The molecule has 1 saturated carbocycles. The fourth-order valence-electron chi connectivity index (χ4n) is 2.41. The van der Waals surface area contributed by atoms with Gasteiger partial charge in [0.05, 0.1) is 4.92 Å². The molecule has 0 aliphatic heterocycles. The molecule has 1 aromatic rings. The Labute approximate surface area is 111 Å². The van der Waals surface area contributed by atoms with E-state index in [0.29, 0.717) is 0 Å². The average molecular weight is 270 g/mol. The van der Waals surface area contributed by atoms with Crippen molar-refractivity contribution in [1.82, 2.24) is 4.98 Å². The first-order chi connectivity index (χ1) is 8.50. The van der Waals surface area contributed by atoms with Crippen LogP contribution in [-0.2, 0) is 0 Å². The number of anilines is 1. The molecule has 0 saturated heterocycles. The van der Waals surface area contributed by atoms with Gasteiger partial charge < -0.3 is 5.32 Å². The van der Waals surface area contributed by atoms with Crippen molar-refractivity contribution in [1.29, 1.82) is 0 Å². The Morgan fingerprint density at radius 1 is 1.39 bits per heavy atom. The van der Waals surface area contributed by atoms with Gasteiger partial charge in [-0.15, -0.1) is 0 Å². The quantitative estimate of drug-likeness (QED) is 0.515. The summed E-state index contributed by atoms with van der Waals surface area (Å²) in [5.74, 6) is 0.275. The summed E-state index contributed by atoms with van der Waals surface area (Å²) in [6, 6.07) is 2.83. The predicted octanol–water partition coefficient (Wildman–Crippen LogP) is 3.78. The summed E-state index contributed by atoms with van der Waals surface area (Å²) >= 11 is 5.81. The van der Waals surface area contributed by atoms with Gasteiger partial charge in [0.1, 0.15) is 5.15 Å². The maximum absolute atomic E-state index is 11.0. The van der Waals surface area contributed by atoms with Gasteiger partial charge in [-0.05, 0) is 25.8 Å². The highest BCUT2D eigenvalue weighted by atomic mass is 35.5. The molecule has 1 fully saturated rings. The number of aromatic nitrogens is 1. The number of rotatable bonds is 3. The third-order valence-electron chi connectivity index (χ3n) is 3.41. The van der Waals surface area contributed by atoms with Crippen molar-refractivity contribution in [2.45, 2.75) is 44.6 Å². The van der Waals surface area contributed by atoms with Crippen molar-refractivity contribution >= 4 is 23.1 Å². The van der Waals surface area contributed by atoms with Gasteiger partial charge >= 0.3 is 5.69 Å². The molecule has 98 valence electrons. The minimum absolute atomic E-state index is 0.0220. The Hall–Kier alpha value is -1.36. The third kappa shape index (κ3) is 2.90. The molecular formula is C12H16ClN3O2. The van der Waals surface area contributed by atoms with E-state index in [1.807, 2.05) is 0 Å². The van der Waals surface area contributed by atoms with Crippen LogP contribution in [0.25, 0.3) is 0 Å². The predicted molar refractivity (Wildman–Crippen MR) is 71.0 cm³/mol. The van der Waals surface area contributed by atoms with Crippen LogP contribution in [-0.4, -0.2) is 15.4 Å². The van der Waals surface area contributed by atoms with E-state index in [1.165, 1.54) is 18.6 Å². The van der Waals surface area contributed by atoms with E-state index in [0.717, 1.165) is 25.7 Å². The standard InChI is InChI=1S/C12H16ClN3O2/c1-12(7-3-2-4-8-12)15-11-9(16(17)18)5-6-10(13)14-11/h5-6H,2-4,7-8H2,1H3,(H,14,15). The van der Waals surface area contributed by atoms with Gasteiger partial charge in [-0.25, -0.2) is 4.98 Å². The monoisotopic (exact) mass is 269 g/mol. The highest BCUT2D eigenvalue weighted by Crippen LogP contribution is 2.34. The topological polar surface area (TPSA) is 68.1 Å². The Kier molecular flexibility index (Phi) is 3.71. The van der Waals surface area contributed by atoms with Crippen molar-refractivity contribution in [2.24, 2.45) is 0 Å². The Balaban J connectivity index is 2.26. The lowest BCUT2D eigenvalue weighted by molar-refractivity contribution is -0.384. The van der Waals surface area contributed by atoms with E-state index in [2.05, 4.69) is 17.2 Å². The second kappa shape index (κ2) is 5.10. The fraction of sp³-hybridized carbons (Fsp3) is 0.583. The SMILES string of the molecule is CC1(Nc2nc(Cl)ccc2[N+](=O)[O-])CCCCC1. The minimum Gasteiger partial charge on any atom is -0.359 e. The molecule has 0 unspecified atom stereocenters. The van der Waals surface area contributed by atoms with Gasteiger partial charge in [0.15, 0.2) is 0 Å². The zero-order valence-corrected chi connectivity index (χ0v) is 11.0. The molecule has 0 amide bonds. The molecule has 0 aromatic carbocycles. The average Bonchev–Trinajstić information content (AvgIpc) is 2.28. The van der Waals surface area contributed by atoms with Crippen LogP contribution in [0.2, 0.25) is 5.15 Å². The Morgan fingerprint density at radius 3 is 2.67 bits per heavy atom. The first kappa shape index (κ1) is 13.1. The van der Waals surface area contributed by atoms with Gasteiger partial charge in [-0.3, -0.25) is 10.1 Å². The van der Waals surface area contributed by atoms with Crippen LogP contribution >= 0.6 is 11.6 Å². The summed E-state index contributed by atoms with van der Waals surface area (Å²) in [7, 11) is 0. The molecule has 1 N–H and O–H groups in total. The van der Waals surface area contributed by atoms with Crippen molar-refractivity contribution in [3.05, 3.63) is 27.4 Å². The van der Waals surface area contributed by atoms with Gasteiger partial charge in [-0.1, -0.05) is 30.9 Å². The second-order valence-electron chi connectivity index (χ2n) is 5.01. The summed E-state index contributed by atoms with van der Waals surface area (Å²) < 4.78 is 0. The third-order valence-corrected chi connectivity index (χ3v) is 3.62. The number of hydrogen-bond acceptors (Lipinski definition) is 4. The lowest BCUT2D eigenvalue weighted by atomic mass is 9.83. The van der Waals surface area contributed by atoms with Gasteiger partial charge in [0.25, 0.3) is 0 Å². The van der Waals surface area contributed by atoms with E-state index in [1.54, 1.807) is 0 Å². The van der Waals surface area contributed by atoms with Crippen LogP contribution in [0.1, 0.15) is 39.0 Å². The molecule has 0 radical (unpaired) electrons. The van der Waals surface area contributed by atoms with E-state index in [9.17, 15) is 10.1 Å². The molecule has 2 rings (SSSR count). The number of nitro groups is 1. The first-order valence-corrected chi connectivity index (χ1v) is 6.47. The maximum Gasteiger partial charge on any atom is 0.311 e. The zero-order valence-electron chi connectivity index (χ0n) is 10.3. The number of nitrogens with one attached hydrogen (secondary N) is 1. The van der Waals surface area contributed by atoms with Crippen LogP contribution in [0.3, 0.4) is 0 Å². The van der Waals surface area contributed by atoms with Crippen LogP contribution < -0.4 is 5.32 Å². The summed E-state index contributed by atoms with van der Waals surface area (Å²) in [5, 5.41) is 14.4. The number of halogens is 1. The number of nitrogens with zero attached hydrogens (tertiary/aromatic N) is 2. The van der Waals surface area contributed by atoms with E-state index in [-0.39, 0.29) is 22.2 Å². The normalized spacial score (nSPS) is 18.3. The smallest absolute Gasteiger partial charge is 0.311 e. The van der Waals surface area contributed by atoms with E-state index >= 15 is 0 Å². The molecule has 0 spiro atoms. The van der Waals surface area contributed by atoms with Crippen LogP contribution in [0, 0.1) is 10.1 Å². The van der Waals surface area contributed by atoms with Gasteiger partial charge in [0, 0.05) is 11.6 Å². The lowest BCUT2D eigenvalue weighted by Gasteiger charge is -2.34. The molecule has 5 nitrogen and oxygen atoms in total. The molecule has 6 heteroatoms. The summed E-state index contributed by atoms with van der Waals surface area (Å²) in [6.45, 7) is 2.08. The van der Waals surface area contributed by atoms with Crippen LogP contribution in [0.15, 0.2) is 12.1 Å². The van der Waals surface area contributed by atoms with Crippen LogP contribution in [0.5, 0.6) is 0 Å². The minimum atomic E-state index is -0.433. The van der Waals surface area contributed by atoms with Crippen molar-refractivity contribution in [3.63, 3.8) is 0 Å². The number of pyridine rings is 1. The highest BCUT2D eigenvalue weighted by molar-refractivity contribution is 6.29. The highest BCUT2D eigenvalue weighted by Gasteiger charge is 2.29. The molecule has 18 heavy (non-hydrogen) atoms.